The van der Waals surface area contributed by atoms with Crippen LogP contribution in [0.5, 0.6) is 0 Å². The Morgan fingerprint density at radius 1 is 1.25 bits per heavy atom. The molecule has 0 bridgehead atoms. The molecule has 0 aromatic heterocycles. The van der Waals surface area contributed by atoms with Gasteiger partial charge in [0.25, 0.3) is 5.91 Å². The number of hydrogen-bond acceptors (Lipinski definition) is 2. The Hall–Kier alpha value is -0.960. The predicted octanol–water partition coefficient (Wildman–Crippen LogP) is 3.33. The fourth-order valence-corrected chi connectivity index (χ4v) is 1.91. The Balaban J connectivity index is 2.65. The van der Waals surface area contributed by atoms with Crippen LogP contribution in [0.4, 0.5) is 0 Å². The van der Waals surface area contributed by atoms with Crippen LogP contribution in [0.1, 0.15) is 37.0 Å². The zero-order valence-electron chi connectivity index (χ0n) is 10.1. The summed E-state index contributed by atoms with van der Waals surface area (Å²) in [6, 6.07) is 8.00. The van der Waals surface area contributed by atoms with Gasteiger partial charge >= 0.3 is 0 Å². The van der Waals surface area contributed by atoms with E-state index in [1.165, 1.54) is 4.90 Å². The van der Waals surface area contributed by atoms with Crippen molar-refractivity contribution in [2.75, 3.05) is 6.26 Å². The molecular weight excluding hydrogens is 218 g/mol. The third-order valence-corrected chi connectivity index (χ3v) is 3.42. The van der Waals surface area contributed by atoms with Gasteiger partial charge in [-0.3, -0.25) is 4.79 Å². The van der Waals surface area contributed by atoms with E-state index in [1.807, 2.05) is 30.5 Å². The Labute approximate surface area is 102 Å². The Morgan fingerprint density at radius 3 is 2.25 bits per heavy atom. The summed E-state index contributed by atoms with van der Waals surface area (Å²) < 4.78 is 0. The van der Waals surface area contributed by atoms with Crippen LogP contribution in [0, 0.1) is 0 Å². The van der Waals surface area contributed by atoms with Crippen LogP contribution in [0.15, 0.2) is 29.2 Å². The van der Waals surface area contributed by atoms with E-state index in [2.05, 4.69) is 19.2 Å². The van der Waals surface area contributed by atoms with Crippen molar-refractivity contribution in [1.82, 2.24) is 5.32 Å². The van der Waals surface area contributed by atoms with E-state index < -0.39 is 0 Å². The molecule has 0 fully saturated rings. The van der Waals surface area contributed by atoms with Crippen LogP contribution in [0.3, 0.4) is 0 Å². The molecule has 2 nitrogen and oxygen atoms in total. The van der Waals surface area contributed by atoms with Gasteiger partial charge in [-0.05, 0) is 43.4 Å². The van der Waals surface area contributed by atoms with Gasteiger partial charge in [0.2, 0.25) is 0 Å². The SMILES string of the molecule is CCC(CC)NC(=O)c1ccc(SC)cc1. The number of rotatable bonds is 5. The topological polar surface area (TPSA) is 29.1 Å². The highest BCUT2D eigenvalue weighted by atomic mass is 32.2. The normalized spacial score (nSPS) is 10.5. The summed E-state index contributed by atoms with van der Waals surface area (Å²) in [6.07, 6.45) is 3.98. The van der Waals surface area contributed by atoms with Gasteiger partial charge < -0.3 is 5.32 Å². The van der Waals surface area contributed by atoms with Crippen LogP contribution >= 0.6 is 11.8 Å². The molecule has 1 amide bonds. The second kappa shape index (κ2) is 6.59. The van der Waals surface area contributed by atoms with Crippen LogP contribution in [-0.4, -0.2) is 18.2 Å². The lowest BCUT2D eigenvalue weighted by molar-refractivity contribution is 0.0935. The molecule has 0 spiro atoms. The van der Waals surface area contributed by atoms with Crippen LogP contribution in [-0.2, 0) is 0 Å². The number of thioether (sulfide) groups is 1. The van der Waals surface area contributed by atoms with E-state index in [9.17, 15) is 4.79 Å². The maximum atomic E-state index is 11.9. The van der Waals surface area contributed by atoms with E-state index in [0.29, 0.717) is 0 Å². The summed E-state index contributed by atoms with van der Waals surface area (Å²) in [4.78, 5) is 13.0. The molecule has 0 aliphatic rings. The minimum atomic E-state index is 0.0290. The summed E-state index contributed by atoms with van der Waals surface area (Å²) in [5, 5.41) is 3.02. The van der Waals surface area contributed by atoms with Crippen molar-refractivity contribution in [2.24, 2.45) is 0 Å². The highest BCUT2D eigenvalue weighted by Crippen LogP contribution is 2.15. The number of amides is 1. The zero-order valence-corrected chi connectivity index (χ0v) is 10.9. The van der Waals surface area contributed by atoms with Gasteiger partial charge in [0, 0.05) is 16.5 Å². The van der Waals surface area contributed by atoms with E-state index in [4.69, 9.17) is 0 Å². The van der Waals surface area contributed by atoms with Crippen molar-refractivity contribution in [3.63, 3.8) is 0 Å². The van der Waals surface area contributed by atoms with Crippen molar-refractivity contribution in [2.45, 2.75) is 37.6 Å². The molecule has 1 aromatic carbocycles. The first-order valence-corrected chi connectivity index (χ1v) is 6.88. The maximum absolute atomic E-state index is 11.9. The number of carbonyl (C=O) groups excluding carboxylic acids is 1. The molecule has 16 heavy (non-hydrogen) atoms. The summed E-state index contributed by atoms with van der Waals surface area (Å²) in [5.41, 5.74) is 0.740. The molecule has 1 rings (SSSR count). The van der Waals surface area contributed by atoms with Crippen LogP contribution in [0.25, 0.3) is 0 Å². The number of hydrogen-bond donors (Lipinski definition) is 1. The second-order valence-electron chi connectivity index (χ2n) is 3.72. The van der Waals surface area contributed by atoms with Gasteiger partial charge in [-0.1, -0.05) is 13.8 Å². The van der Waals surface area contributed by atoms with Gasteiger partial charge in [0.05, 0.1) is 0 Å². The monoisotopic (exact) mass is 237 g/mol. The lowest BCUT2D eigenvalue weighted by atomic mass is 10.1. The Morgan fingerprint density at radius 2 is 1.81 bits per heavy atom. The lowest BCUT2D eigenvalue weighted by Gasteiger charge is -2.14. The molecule has 0 heterocycles. The number of carbonyl (C=O) groups is 1. The summed E-state index contributed by atoms with van der Waals surface area (Å²) in [6.45, 7) is 4.18. The van der Waals surface area contributed by atoms with E-state index in [0.717, 1.165) is 18.4 Å². The maximum Gasteiger partial charge on any atom is 0.251 e. The third kappa shape index (κ3) is 3.56. The molecule has 0 saturated heterocycles. The lowest BCUT2D eigenvalue weighted by Crippen LogP contribution is -2.33. The van der Waals surface area contributed by atoms with Crippen molar-refractivity contribution < 1.29 is 4.79 Å². The van der Waals surface area contributed by atoms with Crippen molar-refractivity contribution in [1.29, 1.82) is 0 Å². The Kier molecular flexibility index (Phi) is 5.39. The van der Waals surface area contributed by atoms with E-state index >= 15 is 0 Å². The summed E-state index contributed by atoms with van der Waals surface area (Å²) in [7, 11) is 0. The first-order valence-electron chi connectivity index (χ1n) is 5.66. The smallest absolute Gasteiger partial charge is 0.251 e. The van der Waals surface area contributed by atoms with Gasteiger partial charge in [-0.25, -0.2) is 0 Å². The fraction of sp³-hybridized carbons (Fsp3) is 0.462. The molecule has 0 atom stereocenters. The Bertz CT molecular complexity index is 330. The zero-order chi connectivity index (χ0) is 12.0. The highest BCUT2D eigenvalue weighted by molar-refractivity contribution is 7.98. The summed E-state index contributed by atoms with van der Waals surface area (Å²) >= 11 is 1.68. The van der Waals surface area contributed by atoms with Gasteiger partial charge in [-0.2, -0.15) is 0 Å². The molecule has 1 aromatic rings. The number of benzene rings is 1. The van der Waals surface area contributed by atoms with Gasteiger partial charge in [0.1, 0.15) is 0 Å². The van der Waals surface area contributed by atoms with Crippen LogP contribution in [0.2, 0.25) is 0 Å². The average molecular weight is 237 g/mol. The van der Waals surface area contributed by atoms with Gasteiger partial charge in [-0.15, -0.1) is 11.8 Å². The second-order valence-corrected chi connectivity index (χ2v) is 4.60. The molecule has 1 N–H and O–H groups in total. The molecule has 0 radical (unpaired) electrons. The summed E-state index contributed by atoms with van der Waals surface area (Å²) in [5.74, 6) is 0.0290. The minimum absolute atomic E-state index is 0.0290. The predicted molar refractivity (Wildman–Crippen MR) is 70.1 cm³/mol. The van der Waals surface area contributed by atoms with Crippen molar-refractivity contribution in [3.05, 3.63) is 29.8 Å². The first kappa shape index (κ1) is 13.1. The molecule has 0 unspecified atom stereocenters. The molecule has 3 heteroatoms. The van der Waals surface area contributed by atoms with E-state index in [-0.39, 0.29) is 11.9 Å². The standard InChI is InChI=1S/C13H19NOS/c1-4-11(5-2)14-13(15)10-6-8-12(16-3)9-7-10/h6-9,11H,4-5H2,1-3H3,(H,14,15). The van der Waals surface area contributed by atoms with Gasteiger partial charge in [0.15, 0.2) is 0 Å². The molecule has 0 aliphatic heterocycles. The minimum Gasteiger partial charge on any atom is -0.349 e. The van der Waals surface area contributed by atoms with Crippen molar-refractivity contribution in [3.8, 4) is 0 Å². The average Bonchev–Trinajstić information content (AvgIpc) is 2.35. The quantitative estimate of drug-likeness (QED) is 0.796. The molecule has 0 aliphatic carbocycles. The van der Waals surface area contributed by atoms with E-state index in [1.54, 1.807) is 11.8 Å². The highest BCUT2D eigenvalue weighted by Gasteiger charge is 2.09. The van der Waals surface area contributed by atoms with Crippen LogP contribution < -0.4 is 5.32 Å². The third-order valence-electron chi connectivity index (χ3n) is 2.67. The fourth-order valence-electron chi connectivity index (χ4n) is 1.50. The molecule has 0 saturated carbocycles. The first-order chi connectivity index (χ1) is 7.71. The molecular formula is C13H19NOS. The number of nitrogens with one attached hydrogen (secondary N) is 1. The van der Waals surface area contributed by atoms with Crippen molar-refractivity contribution >= 4 is 17.7 Å². The molecule has 88 valence electrons. The largest absolute Gasteiger partial charge is 0.349 e.